The average molecular weight is 252 g/mol. The lowest BCUT2D eigenvalue weighted by molar-refractivity contribution is 0.0696. The van der Waals surface area contributed by atoms with Crippen molar-refractivity contribution in [1.82, 2.24) is 4.98 Å². The van der Waals surface area contributed by atoms with Gasteiger partial charge in [0.2, 0.25) is 5.01 Å². The molecule has 2 aromatic rings. The standard InChI is InChI=1S/C11H9FN2O2S/c1-4(2)7-6(13)3-5(12)8-9(7)17-10(14-8)11(15)16/h3H,1,13H2,2H3,(H,15,16). The second-order valence-electron chi connectivity index (χ2n) is 3.60. The fraction of sp³-hybridized carbons (Fsp3) is 0.0909. The van der Waals surface area contributed by atoms with E-state index in [2.05, 4.69) is 11.6 Å². The number of nitrogens with two attached hydrogens (primary N) is 1. The zero-order chi connectivity index (χ0) is 12.7. The monoisotopic (exact) mass is 252 g/mol. The number of thiazole rings is 1. The van der Waals surface area contributed by atoms with E-state index in [1.807, 2.05) is 0 Å². The number of benzene rings is 1. The van der Waals surface area contributed by atoms with Gasteiger partial charge in [0.15, 0.2) is 5.82 Å². The lowest BCUT2D eigenvalue weighted by Crippen LogP contribution is -1.95. The van der Waals surface area contributed by atoms with Gasteiger partial charge < -0.3 is 10.8 Å². The topological polar surface area (TPSA) is 76.2 Å². The van der Waals surface area contributed by atoms with E-state index >= 15 is 0 Å². The van der Waals surface area contributed by atoms with Crippen LogP contribution in [0, 0.1) is 5.82 Å². The number of anilines is 1. The maximum Gasteiger partial charge on any atom is 0.365 e. The number of carboxylic acid groups (broad SMARTS) is 1. The quantitative estimate of drug-likeness (QED) is 0.806. The van der Waals surface area contributed by atoms with E-state index in [9.17, 15) is 9.18 Å². The number of aromatic nitrogens is 1. The van der Waals surface area contributed by atoms with Crippen molar-refractivity contribution in [3.8, 4) is 0 Å². The number of allylic oxidation sites excluding steroid dienone is 1. The first-order valence-electron chi connectivity index (χ1n) is 4.69. The molecule has 1 heterocycles. The highest BCUT2D eigenvalue weighted by molar-refractivity contribution is 7.20. The van der Waals surface area contributed by atoms with Crippen molar-refractivity contribution < 1.29 is 14.3 Å². The predicted octanol–water partition coefficient (Wildman–Crippen LogP) is 2.75. The molecule has 0 atom stereocenters. The highest BCUT2D eigenvalue weighted by atomic mass is 32.1. The van der Waals surface area contributed by atoms with Crippen LogP contribution in [0.3, 0.4) is 0 Å². The molecule has 17 heavy (non-hydrogen) atoms. The summed E-state index contributed by atoms with van der Waals surface area (Å²) in [6, 6.07) is 1.14. The van der Waals surface area contributed by atoms with Gasteiger partial charge in [-0.3, -0.25) is 0 Å². The van der Waals surface area contributed by atoms with Crippen LogP contribution < -0.4 is 5.73 Å². The molecule has 4 nitrogen and oxygen atoms in total. The lowest BCUT2D eigenvalue weighted by Gasteiger charge is -2.06. The zero-order valence-electron chi connectivity index (χ0n) is 8.95. The molecule has 1 aromatic carbocycles. The Bertz CT molecular complexity index is 648. The molecule has 0 unspecified atom stereocenters. The van der Waals surface area contributed by atoms with Crippen LogP contribution in [-0.2, 0) is 0 Å². The van der Waals surface area contributed by atoms with Crippen LogP contribution >= 0.6 is 11.3 Å². The summed E-state index contributed by atoms with van der Waals surface area (Å²) in [6.07, 6.45) is 0. The van der Waals surface area contributed by atoms with E-state index in [0.717, 1.165) is 17.4 Å². The second kappa shape index (κ2) is 3.81. The molecule has 0 saturated carbocycles. The molecule has 0 saturated heterocycles. The van der Waals surface area contributed by atoms with Gasteiger partial charge in [0.1, 0.15) is 5.52 Å². The van der Waals surface area contributed by atoms with Gasteiger partial charge in [-0.15, -0.1) is 11.3 Å². The van der Waals surface area contributed by atoms with Crippen molar-refractivity contribution in [2.24, 2.45) is 0 Å². The Hall–Kier alpha value is -1.95. The van der Waals surface area contributed by atoms with Crippen LogP contribution in [0.1, 0.15) is 22.3 Å². The fourth-order valence-electron chi connectivity index (χ4n) is 1.59. The number of fused-ring (bicyclic) bond motifs is 1. The molecule has 0 bridgehead atoms. The van der Waals surface area contributed by atoms with Gasteiger partial charge in [-0.1, -0.05) is 6.58 Å². The predicted molar refractivity (Wildman–Crippen MR) is 65.7 cm³/mol. The van der Waals surface area contributed by atoms with E-state index in [4.69, 9.17) is 10.8 Å². The van der Waals surface area contributed by atoms with Crippen molar-refractivity contribution in [3.05, 3.63) is 29.0 Å². The molecule has 88 valence electrons. The van der Waals surface area contributed by atoms with E-state index in [-0.39, 0.29) is 16.2 Å². The summed E-state index contributed by atoms with van der Waals surface area (Å²) in [4.78, 5) is 14.6. The molecule has 3 N–H and O–H groups in total. The molecular formula is C11H9FN2O2S. The Balaban J connectivity index is 2.90. The summed E-state index contributed by atoms with van der Waals surface area (Å²) >= 11 is 0.897. The summed E-state index contributed by atoms with van der Waals surface area (Å²) < 4.78 is 14.0. The van der Waals surface area contributed by atoms with Crippen molar-refractivity contribution in [2.75, 3.05) is 5.73 Å². The minimum Gasteiger partial charge on any atom is -0.476 e. The number of hydrogen-bond donors (Lipinski definition) is 2. The molecule has 2 rings (SSSR count). The summed E-state index contributed by atoms with van der Waals surface area (Å²) in [6.45, 7) is 5.47. The highest BCUT2D eigenvalue weighted by Crippen LogP contribution is 2.35. The van der Waals surface area contributed by atoms with Gasteiger partial charge in [-0.2, -0.15) is 0 Å². The molecular weight excluding hydrogens is 243 g/mol. The molecule has 1 aromatic heterocycles. The molecule has 0 aliphatic heterocycles. The summed E-state index contributed by atoms with van der Waals surface area (Å²) in [5.74, 6) is -1.80. The maximum atomic E-state index is 13.6. The Morgan fingerprint density at radius 3 is 2.82 bits per heavy atom. The summed E-state index contributed by atoms with van der Waals surface area (Å²) in [5, 5.41) is 8.69. The first-order valence-corrected chi connectivity index (χ1v) is 5.51. The normalized spacial score (nSPS) is 10.7. The van der Waals surface area contributed by atoms with E-state index in [1.54, 1.807) is 6.92 Å². The third-order valence-corrected chi connectivity index (χ3v) is 3.32. The van der Waals surface area contributed by atoms with Gasteiger partial charge in [-0.25, -0.2) is 14.2 Å². The molecule has 0 fully saturated rings. The zero-order valence-corrected chi connectivity index (χ0v) is 9.77. The second-order valence-corrected chi connectivity index (χ2v) is 4.60. The number of halogens is 1. The van der Waals surface area contributed by atoms with Gasteiger partial charge in [0.05, 0.1) is 4.70 Å². The Kier molecular flexibility index (Phi) is 2.59. The number of carbonyl (C=O) groups is 1. The number of carboxylic acids is 1. The van der Waals surface area contributed by atoms with E-state index in [1.165, 1.54) is 0 Å². The van der Waals surface area contributed by atoms with Crippen LogP contribution in [0.15, 0.2) is 12.6 Å². The maximum absolute atomic E-state index is 13.6. The van der Waals surface area contributed by atoms with Crippen LogP contribution in [0.5, 0.6) is 0 Å². The van der Waals surface area contributed by atoms with Crippen LogP contribution in [0.25, 0.3) is 15.8 Å². The van der Waals surface area contributed by atoms with Crippen LogP contribution in [0.4, 0.5) is 10.1 Å². The van der Waals surface area contributed by atoms with Gasteiger partial charge in [-0.05, 0) is 18.6 Å². The van der Waals surface area contributed by atoms with Crippen molar-refractivity contribution in [2.45, 2.75) is 6.92 Å². The smallest absolute Gasteiger partial charge is 0.365 e. The molecule has 0 amide bonds. The Morgan fingerprint density at radius 1 is 1.65 bits per heavy atom. The minimum absolute atomic E-state index is 0.0274. The average Bonchev–Trinajstić information content (AvgIpc) is 2.61. The van der Waals surface area contributed by atoms with Crippen LogP contribution in [-0.4, -0.2) is 16.1 Å². The molecule has 0 spiro atoms. The third kappa shape index (κ3) is 1.76. The Labute approximate surface area is 100 Å². The number of hydrogen-bond acceptors (Lipinski definition) is 4. The summed E-state index contributed by atoms with van der Waals surface area (Å²) in [7, 11) is 0. The summed E-state index contributed by atoms with van der Waals surface area (Å²) in [5.41, 5.74) is 7.18. The number of nitrogens with zero attached hydrogens (tertiary/aromatic N) is 1. The van der Waals surface area contributed by atoms with Crippen molar-refractivity contribution >= 4 is 38.8 Å². The van der Waals surface area contributed by atoms with Gasteiger partial charge in [0, 0.05) is 11.3 Å². The first-order chi connectivity index (χ1) is 7.91. The molecule has 0 aliphatic carbocycles. The number of aromatic carboxylic acids is 1. The van der Waals surface area contributed by atoms with Crippen molar-refractivity contribution in [1.29, 1.82) is 0 Å². The van der Waals surface area contributed by atoms with Gasteiger partial charge in [0.25, 0.3) is 0 Å². The Morgan fingerprint density at radius 2 is 2.29 bits per heavy atom. The highest BCUT2D eigenvalue weighted by Gasteiger charge is 2.18. The number of nitrogen functional groups attached to an aromatic ring is 1. The lowest BCUT2D eigenvalue weighted by atomic mass is 10.1. The van der Waals surface area contributed by atoms with Crippen molar-refractivity contribution in [3.63, 3.8) is 0 Å². The van der Waals surface area contributed by atoms with E-state index < -0.39 is 11.8 Å². The largest absolute Gasteiger partial charge is 0.476 e. The van der Waals surface area contributed by atoms with Gasteiger partial charge >= 0.3 is 5.97 Å². The molecule has 0 aliphatic rings. The minimum atomic E-state index is -1.18. The first kappa shape index (κ1) is 11.5. The molecule has 6 heteroatoms. The fourth-order valence-corrected chi connectivity index (χ4v) is 2.64. The third-order valence-electron chi connectivity index (χ3n) is 2.26. The van der Waals surface area contributed by atoms with E-state index in [0.29, 0.717) is 15.8 Å². The van der Waals surface area contributed by atoms with Crippen LogP contribution in [0.2, 0.25) is 0 Å². The SMILES string of the molecule is C=C(C)c1c(N)cc(F)c2nc(C(=O)O)sc12. The number of rotatable bonds is 2. The molecule has 0 radical (unpaired) electrons.